The Morgan fingerprint density at radius 2 is 2.20 bits per heavy atom. The van der Waals surface area contributed by atoms with E-state index < -0.39 is 0 Å². The first-order chi connectivity index (χ1) is 9.61. The van der Waals surface area contributed by atoms with Gasteiger partial charge >= 0.3 is 0 Å². The Balaban J connectivity index is 2.22. The highest BCUT2D eigenvalue weighted by Crippen LogP contribution is 2.40. The van der Waals surface area contributed by atoms with Gasteiger partial charge in [-0.2, -0.15) is 0 Å². The number of ether oxygens (including phenoxy) is 2. The van der Waals surface area contributed by atoms with E-state index in [1.165, 1.54) is 16.3 Å². The molecule has 0 radical (unpaired) electrons. The molecule has 1 aromatic rings. The highest BCUT2D eigenvalue weighted by molar-refractivity contribution is 7.11. The van der Waals surface area contributed by atoms with Crippen LogP contribution in [0.5, 0.6) is 0 Å². The van der Waals surface area contributed by atoms with Gasteiger partial charge in [-0.05, 0) is 39.5 Å². The lowest BCUT2D eigenvalue weighted by Gasteiger charge is -2.40. The van der Waals surface area contributed by atoms with Gasteiger partial charge in [-0.25, -0.2) is 4.98 Å². The highest BCUT2D eigenvalue weighted by atomic mass is 32.1. The highest BCUT2D eigenvalue weighted by Gasteiger charge is 2.40. The summed E-state index contributed by atoms with van der Waals surface area (Å²) in [6, 6.07) is 0. The predicted octanol–water partition coefficient (Wildman–Crippen LogP) is 2.78. The summed E-state index contributed by atoms with van der Waals surface area (Å²) in [5.74, 6) is 0. The van der Waals surface area contributed by atoms with Gasteiger partial charge in [0, 0.05) is 25.6 Å². The summed E-state index contributed by atoms with van der Waals surface area (Å²) in [4.78, 5) is 6.13. The van der Waals surface area contributed by atoms with E-state index in [4.69, 9.17) is 14.5 Å². The van der Waals surface area contributed by atoms with Crippen LogP contribution in [-0.4, -0.2) is 38.5 Å². The largest absolute Gasteiger partial charge is 0.383 e. The molecule has 4 nitrogen and oxygen atoms in total. The number of nitrogens with one attached hydrogen (secondary N) is 1. The maximum absolute atomic E-state index is 5.62. The number of aryl methyl sites for hydroxylation is 2. The minimum absolute atomic E-state index is 0.0405. The zero-order valence-electron chi connectivity index (χ0n) is 13.0. The molecule has 20 heavy (non-hydrogen) atoms. The second kappa shape index (κ2) is 6.98. The van der Waals surface area contributed by atoms with Crippen LogP contribution in [0.25, 0.3) is 0 Å². The fraction of sp³-hybridized carbons (Fsp3) is 0.800. The lowest BCUT2D eigenvalue weighted by atomic mass is 9.80. The van der Waals surface area contributed by atoms with Gasteiger partial charge in [0.1, 0.15) is 5.01 Å². The molecule has 2 unspecified atom stereocenters. The summed E-state index contributed by atoms with van der Waals surface area (Å²) in [7, 11) is 3.55. The first-order valence-corrected chi connectivity index (χ1v) is 8.14. The van der Waals surface area contributed by atoms with Gasteiger partial charge in [0.2, 0.25) is 0 Å². The van der Waals surface area contributed by atoms with Crippen molar-refractivity contribution in [2.45, 2.75) is 51.2 Å². The fourth-order valence-corrected chi connectivity index (χ4v) is 4.04. The van der Waals surface area contributed by atoms with Crippen molar-refractivity contribution in [1.29, 1.82) is 0 Å². The molecule has 1 heterocycles. The number of methoxy groups -OCH3 is 2. The van der Waals surface area contributed by atoms with Gasteiger partial charge in [0.25, 0.3) is 0 Å². The van der Waals surface area contributed by atoms with Crippen LogP contribution in [0.15, 0.2) is 0 Å². The zero-order valence-corrected chi connectivity index (χ0v) is 13.8. The van der Waals surface area contributed by atoms with Crippen LogP contribution in [0.1, 0.15) is 41.3 Å². The summed E-state index contributed by atoms with van der Waals surface area (Å²) in [6.45, 7) is 5.82. The van der Waals surface area contributed by atoms with Gasteiger partial charge < -0.3 is 14.8 Å². The molecule has 0 bridgehead atoms. The van der Waals surface area contributed by atoms with Crippen molar-refractivity contribution in [1.82, 2.24) is 10.3 Å². The summed E-state index contributed by atoms with van der Waals surface area (Å²) >= 11 is 1.82. The van der Waals surface area contributed by atoms with Crippen LogP contribution < -0.4 is 5.32 Å². The van der Waals surface area contributed by atoms with Crippen LogP contribution >= 0.6 is 11.3 Å². The van der Waals surface area contributed by atoms with Gasteiger partial charge in [-0.15, -0.1) is 11.3 Å². The van der Waals surface area contributed by atoms with Crippen LogP contribution in [-0.2, 0) is 15.0 Å². The number of nitrogens with zero attached hydrogens (tertiary/aromatic N) is 1. The fourth-order valence-electron chi connectivity index (χ4n) is 2.93. The number of rotatable bonds is 6. The molecule has 5 heteroatoms. The van der Waals surface area contributed by atoms with Crippen molar-refractivity contribution < 1.29 is 9.47 Å². The van der Waals surface area contributed by atoms with Gasteiger partial charge in [0.15, 0.2) is 0 Å². The molecule has 1 N–H and O–H groups in total. The van der Waals surface area contributed by atoms with E-state index in [2.05, 4.69) is 19.2 Å². The summed E-state index contributed by atoms with van der Waals surface area (Å²) in [5, 5.41) is 4.91. The molecule has 114 valence electrons. The molecule has 2 rings (SSSR count). The van der Waals surface area contributed by atoms with Gasteiger partial charge in [-0.3, -0.25) is 0 Å². The third-order valence-corrected chi connectivity index (χ3v) is 5.52. The Morgan fingerprint density at radius 1 is 1.40 bits per heavy atom. The van der Waals surface area contributed by atoms with Crippen molar-refractivity contribution in [2.75, 3.05) is 27.4 Å². The Labute approximate surface area is 125 Å². The molecule has 0 aromatic carbocycles. The molecule has 1 saturated carbocycles. The third-order valence-electron chi connectivity index (χ3n) is 4.25. The second-order valence-corrected chi connectivity index (χ2v) is 6.82. The van der Waals surface area contributed by atoms with Crippen molar-refractivity contribution >= 4 is 11.3 Å². The first-order valence-electron chi connectivity index (χ1n) is 7.32. The van der Waals surface area contributed by atoms with E-state index >= 15 is 0 Å². The molecular weight excluding hydrogens is 272 g/mol. The van der Waals surface area contributed by atoms with E-state index in [1.54, 1.807) is 7.11 Å². The molecule has 1 aromatic heterocycles. The van der Waals surface area contributed by atoms with Crippen molar-refractivity contribution in [3.63, 3.8) is 0 Å². The second-order valence-electron chi connectivity index (χ2n) is 5.62. The SMILES string of the molecule is COCCNC1(c2nc(C)c(C)s2)CCCC(OC)C1. The van der Waals surface area contributed by atoms with Crippen LogP contribution in [0.4, 0.5) is 0 Å². The van der Waals surface area contributed by atoms with Crippen LogP contribution in [0.3, 0.4) is 0 Å². The first kappa shape index (κ1) is 15.9. The van der Waals surface area contributed by atoms with Crippen molar-refractivity contribution in [3.05, 3.63) is 15.6 Å². The molecule has 0 spiro atoms. The number of aromatic nitrogens is 1. The average molecular weight is 298 g/mol. The number of hydrogen-bond donors (Lipinski definition) is 1. The van der Waals surface area contributed by atoms with E-state index in [0.29, 0.717) is 6.10 Å². The Hall–Kier alpha value is -0.490. The molecule has 0 amide bonds. The number of thiazole rings is 1. The Bertz CT molecular complexity index is 416. The molecule has 0 aliphatic heterocycles. The molecule has 0 saturated heterocycles. The zero-order chi connectivity index (χ0) is 14.6. The van der Waals surface area contributed by atoms with E-state index in [9.17, 15) is 0 Å². The maximum atomic E-state index is 5.62. The lowest BCUT2D eigenvalue weighted by molar-refractivity contribution is 0.0268. The van der Waals surface area contributed by atoms with Crippen LogP contribution in [0, 0.1) is 13.8 Å². The average Bonchev–Trinajstić information content (AvgIpc) is 2.80. The quantitative estimate of drug-likeness (QED) is 0.820. The van der Waals surface area contributed by atoms with Crippen molar-refractivity contribution in [3.8, 4) is 0 Å². The molecule has 1 aliphatic rings. The maximum Gasteiger partial charge on any atom is 0.113 e. The lowest BCUT2D eigenvalue weighted by Crippen LogP contribution is -2.48. The summed E-state index contributed by atoms with van der Waals surface area (Å²) < 4.78 is 10.8. The van der Waals surface area contributed by atoms with Gasteiger partial charge in [-0.1, -0.05) is 0 Å². The Morgan fingerprint density at radius 3 is 2.80 bits per heavy atom. The molecule has 2 atom stereocenters. The monoisotopic (exact) mass is 298 g/mol. The normalized spacial score (nSPS) is 26.9. The smallest absolute Gasteiger partial charge is 0.113 e. The summed E-state index contributed by atoms with van der Waals surface area (Å²) in [6.07, 6.45) is 4.77. The van der Waals surface area contributed by atoms with E-state index in [-0.39, 0.29) is 5.54 Å². The van der Waals surface area contributed by atoms with Gasteiger partial charge in [0.05, 0.1) is 23.9 Å². The topological polar surface area (TPSA) is 43.4 Å². The molecular formula is C15H26N2O2S. The Kier molecular flexibility index (Phi) is 5.55. The van der Waals surface area contributed by atoms with Crippen LogP contribution in [0.2, 0.25) is 0 Å². The molecule has 1 aliphatic carbocycles. The minimum atomic E-state index is -0.0405. The number of hydrogen-bond acceptors (Lipinski definition) is 5. The molecule has 1 fully saturated rings. The third kappa shape index (κ3) is 3.39. The minimum Gasteiger partial charge on any atom is -0.383 e. The predicted molar refractivity (Wildman–Crippen MR) is 82.4 cm³/mol. The van der Waals surface area contributed by atoms with E-state index in [0.717, 1.165) is 38.1 Å². The summed E-state index contributed by atoms with van der Waals surface area (Å²) in [5.41, 5.74) is 1.11. The standard InChI is InChI=1S/C15H26N2O2S/c1-11-12(2)20-14(17-11)15(16-8-9-18-3)7-5-6-13(10-15)19-4/h13,16H,5-10H2,1-4H3. The van der Waals surface area contributed by atoms with E-state index in [1.807, 2.05) is 18.4 Å². The van der Waals surface area contributed by atoms with Crippen molar-refractivity contribution in [2.24, 2.45) is 0 Å².